The van der Waals surface area contributed by atoms with Gasteiger partial charge in [0.2, 0.25) is 0 Å². The summed E-state index contributed by atoms with van der Waals surface area (Å²) < 4.78 is 45.4. The largest absolute Gasteiger partial charge is 0.411 e. The quantitative estimate of drug-likeness (QED) is 0.426. The molecule has 0 aromatic heterocycles. The SMILES string of the molecule is NNC(CCOCC(F)(F)F)C1CCCOC1. The third-order valence-electron chi connectivity index (χ3n) is 2.82. The van der Waals surface area contributed by atoms with E-state index in [9.17, 15) is 13.2 Å². The third-order valence-corrected chi connectivity index (χ3v) is 2.82. The van der Waals surface area contributed by atoms with E-state index in [1.807, 2.05) is 0 Å². The van der Waals surface area contributed by atoms with E-state index in [0.717, 1.165) is 19.4 Å². The lowest BCUT2D eigenvalue weighted by molar-refractivity contribution is -0.174. The fraction of sp³-hybridized carbons (Fsp3) is 1.00. The molecule has 2 atom stereocenters. The van der Waals surface area contributed by atoms with Gasteiger partial charge in [-0.25, -0.2) is 0 Å². The molecule has 0 radical (unpaired) electrons. The molecule has 0 spiro atoms. The Balaban J connectivity index is 2.18. The van der Waals surface area contributed by atoms with E-state index in [2.05, 4.69) is 10.2 Å². The maximum absolute atomic E-state index is 11.8. The van der Waals surface area contributed by atoms with Crippen LogP contribution in [0.2, 0.25) is 0 Å². The molecular formula is C10H19F3N2O2. The number of nitrogens with one attached hydrogen (secondary N) is 1. The summed E-state index contributed by atoms with van der Waals surface area (Å²) in [6, 6.07) is -0.0523. The Labute approximate surface area is 98.6 Å². The van der Waals surface area contributed by atoms with Gasteiger partial charge in [0.25, 0.3) is 0 Å². The summed E-state index contributed by atoms with van der Waals surface area (Å²) in [5, 5.41) is 0. The minimum Gasteiger partial charge on any atom is -0.381 e. The summed E-state index contributed by atoms with van der Waals surface area (Å²) in [5.41, 5.74) is 2.63. The molecule has 102 valence electrons. The first-order valence-corrected chi connectivity index (χ1v) is 5.71. The molecule has 17 heavy (non-hydrogen) atoms. The van der Waals surface area contributed by atoms with Gasteiger partial charge in [-0.1, -0.05) is 0 Å². The maximum Gasteiger partial charge on any atom is 0.411 e. The van der Waals surface area contributed by atoms with Crippen molar-refractivity contribution in [2.75, 3.05) is 26.4 Å². The first-order chi connectivity index (χ1) is 8.03. The molecule has 1 aliphatic rings. The Kier molecular flexibility index (Phi) is 6.18. The zero-order valence-corrected chi connectivity index (χ0v) is 9.63. The van der Waals surface area contributed by atoms with Crippen molar-refractivity contribution >= 4 is 0 Å². The Morgan fingerprint density at radius 2 is 2.24 bits per heavy atom. The second-order valence-electron chi connectivity index (χ2n) is 4.21. The molecule has 7 heteroatoms. The maximum atomic E-state index is 11.8. The van der Waals surface area contributed by atoms with E-state index in [1.165, 1.54) is 0 Å². The second kappa shape index (κ2) is 7.15. The number of rotatable bonds is 6. The number of hydrogen-bond acceptors (Lipinski definition) is 4. The van der Waals surface area contributed by atoms with Gasteiger partial charge in [0.05, 0.1) is 6.61 Å². The Morgan fingerprint density at radius 1 is 1.47 bits per heavy atom. The molecule has 3 N–H and O–H groups in total. The van der Waals surface area contributed by atoms with E-state index in [0.29, 0.717) is 13.0 Å². The molecule has 1 rings (SSSR count). The van der Waals surface area contributed by atoms with Crippen molar-refractivity contribution in [3.05, 3.63) is 0 Å². The van der Waals surface area contributed by atoms with Crippen molar-refractivity contribution in [3.63, 3.8) is 0 Å². The van der Waals surface area contributed by atoms with Crippen molar-refractivity contribution < 1.29 is 22.6 Å². The topological polar surface area (TPSA) is 56.5 Å². The van der Waals surface area contributed by atoms with Crippen LogP contribution in [0.4, 0.5) is 13.2 Å². The van der Waals surface area contributed by atoms with E-state index in [-0.39, 0.29) is 18.6 Å². The smallest absolute Gasteiger partial charge is 0.381 e. The summed E-state index contributed by atoms with van der Waals surface area (Å²) in [6.07, 6.45) is -1.86. The highest BCUT2D eigenvalue weighted by Crippen LogP contribution is 2.20. The molecule has 0 aliphatic carbocycles. The van der Waals surface area contributed by atoms with Crippen molar-refractivity contribution in [3.8, 4) is 0 Å². The first kappa shape index (κ1) is 14.7. The van der Waals surface area contributed by atoms with Crippen molar-refractivity contribution in [2.24, 2.45) is 11.8 Å². The van der Waals surface area contributed by atoms with Gasteiger partial charge < -0.3 is 9.47 Å². The van der Waals surface area contributed by atoms with Crippen LogP contribution in [0.5, 0.6) is 0 Å². The highest BCUT2D eigenvalue weighted by molar-refractivity contribution is 4.76. The fourth-order valence-corrected chi connectivity index (χ4v) is 1.94. The van der Waals surface area contributed by atoms with Crippen LogP contribution >= 0.6 is 0 Å². The van der Waals surface area contributed by atoms with Crippen LogP contribution in [0.15, 0.2) is 0 Å². The Bertz CT molecular complexity index is 208. The van der Waals surface area contributed by atoms with Gasteiger partial charge in [-0.3, -0.25) is 11.3 Å². The van der Waals surface area contributed by atoms with Gasteiger partial charge >= 0.3 is 6.18 Å². The normalized spacial score (nSPS) is 23.6. The summed E-state index contributed by atoms with van der Waals surface area (Å²) in [5.74, 6) is 5.64. The van der Waals surface area contributed by atoms with Crippen LogP contribution in [0.3, 0.4) is 0 Å². The van der Waals surface area contributed by atoms with Crippen LogP contribution in [0.1, 0.15) is 19.3 Å². The number of halogens is 3. The number of nitrogens with two attached hydrogens (primary N) is 1. The fourth-order valence-electron chi connectivity index (χ4n) is 1.94. The van der Waals surface area contributed by atoms with Crippen molar-refractivity contribution in [2.45, 2.75) is 31.5 Å². The highest BCUT2D eigenvalue weighted by atomic mass is 19.4. The third kappa shape index (κ3) is 6.21. The van der Waals surface area contributed by atoms with Gasteiger partial charge in [-0.15, -0.1) is 0 Å². The van der Waals surface area contributed by atoms with Gasteiger partial charge in [-0.2, -0.15) is 13.2 Å². The number of alkyl halides is 3. The van der Waals surface area contributed by atoms with Crippen molar-refractivity contribution in [1.82, 2.24) is 5.43 Å². The summed E-state index contributed by atoms with van der Waals surface area (Å²) in [7, 11) is 0. The van der Waals surface area contributed by atoms with Crippen LogP contribution in [-0.2, 0) is 9.47 Å². The van der Waals surface area contributed by atoms with Crippen LogP contribution in [0.25, 0.3) is 0 Å². The average Bonchev–Trinajstić information content (AvgIpc) is 2.29. The highest BCUT2D eigenvalue weighted by Gasteiger charge is 2.28. The molecule has 0 aromatic carbocycles. The lowest BCUT2D eigenvalue weighted by Crippen LogP contribution is -2.44. The Hall–Kier alpha value is -0.370. The minimum atomic E-state index is -4.26. The van der Waals surface area contributed by atoms with Crippen LogP contribution in [0, 0.1) is 5.92 Å². The number of hydrazine groups is 1. The molecule has 4 nitrogen and oxygen atoms in total. The number of hydrogen-bond donors (Lipinski definition) is 2. The summed E-state index contributed by atoms with van der Waals surface area (Å²) in [4.78, 5) is 0. The van der Waals surface area contributed by atoms with Gasteiger partial charge in [0.15, 0.2) is 0 Å². The van der Waals surface area contributed by atoms with Crippen LogP contribution in [-0.4, -0.2) is 38.6 Å². The van der Waals surface area contributed by atoms with Gasteiger partial charge in [0.1, 0.15) is 6.61 Å². The Morgan fingerprint density at radius 3 is 2.76 bits per heavy atom. The van der Waals surface area contributed by atoms with Gasteiger partial charge in [-0.05, 0) is 25.2 Å². The summed E-state index contributed by atoms with van der Waals surface area (Å²) in [6.45, 7) is 0.197. The summed E-state index contributed by atoms with van der Waals surface area (Å²) >= 11 is 0. The molecule has 0 saturated carbocycles. The lowest BCUT2D eigenvalue weighted by Gasteiger charge is -2.29. The second-order valence-corrected chi connectivity index (χ2v) is 4.21. The van der Waals surface area contributed by atoms with Crippen molar-refractivity contribution in [1.29, 1.82) is 0 Å². The predicted octanol–water partition coefficient (Wildman–Crippen LogP) is 1.21. The van der Waals surface area contributed by atoms with E-state index in [4.69, 9.17) is 10.6 Å². The molecule has 0 amide bonds. The zero-order chi connectivity index (χ0) is 12.7. The predicted molar refractivity (Wildman–Crippen MR) is 56.1 cm³/mol. The molecule has 0 bridgehead atoms. The molecule has 0 aromatic rings. The average molecular weight is 256 g/mol. The minimum absolute atomic E-state index is 0.0465. The number of ether oxygens (including phenoxy) is 2. The lowest BCUT2D eigenvalue weighted by atomic mass is 9.92. The van der Waals surface area contributed by atoms with Crippen LogP contribution < -0.4 is 11.3 Å². The van der Waals surface area contributed by atoms with E-state index < -0.39 is 12.8 Å². The molecule has 1 fully saturated rings. The monoisotopic (exact) mass is 256 g/mol. The molecule has 2 unspecified atom stereocenters. The van der Waals surface area contributed by atoms with E-state index >= 15 is 0 Å². The molecule has 1 heterocycles. The van der Waals surface area contributed by atoms with Gasteiger partial charge in [0, 0.05) is 19.3 Å². The standard InChI is InChI=1S/C10H19F3N2O2/c11-10(12,13)7-17-5-3-9(15-14)8-2-1-4-16-6-8/h8-9,15H,1-7,14H2. The molecular weight excluding hydrogens is 237 g/mol. The molecule has 1 saturated heterocycles. The molecule has 1 aliphatic heterocycles. The first-order valence-electron chi connectivity index (χ1n) is 5.71. The van der Waals surface area contributed by atoms with E-state index in [1.54, 1.807) is 0 Å². The zero-order valence-electron chi connectivity index (χ0n) is 9.63.